The minimum atomic E-state index is 0.0901. The van der Waals surface area contributed by atoms with Gasteiger partial charge in [0.2, 0.25) is 0 Å². The molecule has 0 bridgehead atoms. The summed E-state index contributed by atoms with van der Waals surface area (Å²) in [6.45, 7) is 3.99. The third kappa shape index (κ3) is 1.95. The molecule has 0 heterocycles. The van der Waals surface area contributed by atoms with Crippen molar-refractivity contribution in [1.29, 1.82) is 0 Å². The zero-order chi connectivity index (χ0) is 8.43. The van der Waals surface area contributed by atoms with Gasteiger partial charge in [-0.05, 0) is 37.1 Å². The Morgan fingerprint density at radius 1 is 1.45 bits per heavy atom. The lowest BCUT2D eigenvalue weighted by atomic mass is 10.0. The van der Waals surface area contributed by atoms with Crippen LogP contribution in [0.2, 0.25) is 5.02 Å². The van der Waals surface area contributed by atoms with E-state index in [4.69, 9.17) is 17.3 Å². The summed E-state index contributed by atoms with van der Waals surface area (Å²) >= 11 is 5.78. The van der Waals surface area contributed by atoms with Crippen LogP contribution in [0.25, 0.3) is 0 Å². The Kier molecular flexibility index (Phi) is 2.53. The molecule has 2 N–H and O–H groups in total. The number of aryl methyl sites for hydroxylation is 1. The van der Waals surface area contributed by atoms with Crippen LogP contribution in [0.4, 0.5) is 0 Å². The fourth-order valence-electron chi connectivity index (χ4n) is 1.15. The molecule has 0 saturated heterocycles. The molecule has 0 aromatic heterocycles. The lowest BCUT2D eigenvalue weighted by Gasteiger charge is -2.08. The number of nitrogens with two attached hydrogens (primary N) is 1. The zero-order valence-corrected chi connectivity index (χ0v) is 7.52. The Hall–Kier alpha value is -0.530. The van der Waals surface area contributed by atoms with Crippen molar-refractivity contribution in [2.45, 2.75) is 19.9 Å². The average Bonchev–Trinajstić information content (AvgIpc) is 1.85. The minimum Gasteiger partial charge on any atom is -0.324 e. The molecule has 0 unspecified atom stereocenters. The lowest BCUT2D eigenvalue weighted by Crippen LogP contribution is -2.06. The Balaban J connectivity index is 3.09. The van der Waals surface area contributed by atoms with Gasteiger partial charge < -0.3 is 5.73 Å². The number of benzene rings is 1. The molecule has 0 amide bonds. The van der Waals surface area contributed by atoms with E-state index in [2.05, 4.69) is 0 Å². The van der Waals surface area contributed by atoms with Crippen LogP contribution in [0.5, 0.6) is 0 Å². The first-order valence-electron chi connectivity index (χ1n) is 3.63. The van der Waals surface area contributed by atoms with E-state index >= 15 is 0 Å². The van der Waals surface area contributed by atoms with Crippen molar-refractivity contribution in [3.05, 3.63) is 34.3 Å². The summed E-state index contributed by atoms with van der Waals surface area (Å²) in [6.07, 6.45) is 0. The van der Waals surface area contributed by atoms with Gasteiger partial charge in [0.25, 0.3) is 0 Å². The molecule has 0 aliphatic carbocycles. The van der Waals surface area contributed by atoms with Gasteiger partial charge in [-0.1, -0.05) is 17.7 Å². The number of hydrogen-bond acceptors (Lipinski definition) is 1. The van der Waals surface area contributed by atoms with Gasteiger partial charge in [-0.3, -0.25) is 0 Å². The van der Waals surface area contributed by atoms with Gasteiger partial charge in [-0.15, -0.1) is 0 Å². The molecule has 1 atom stereocenters. The molecule has 0 radical (unpaired) electrons. The van der Waals surface area contributed by atoms with Gasteiger partial charge in [-0.2, -0.15) is 0 Å². The van der Waals surface area contributed by atoms with Crippen molar-refractivity contribution in [2.24, 2.45) is 5.73 Å². The summed E-state index contributed by atoms with van der Waals surface area (Å²) in [4.78, 5) is 0. The second-order valence-electron chi connectivity index (χ2n) is 2.79. The Morgan fingerprint density at radius 3 is 2.55 bits per heavy atom. The van der Waals surface area contributed by atoms with Crippen molar-refractivity contribution in [1.82, 2.24) is 0 Å². The van der Waals surface area contributed by atoms with Crippen molar-refractivity contribution in [3.63, 3.8) is 0 Å². The van der Waals surface area contributed by atoms with Crippen LogP contribution >= 0.6 is 11.6 Å². The second-order valence-corrected chi connectivity index (χ2v) is 3.23. The summed E-state index contributed by atoms with van der Waals surface area (Å²) in [5, 5.41) is 0.770. The Bertz CT molecular complexity index is 256. The van der Waals surface area contributed by atoms with Crippen LogP contribution in [0.1, 0.15) is 24.1 Å². The molecule has 0 aliphatic heterocycles. The quantitative estimate of drug-likeness (QED) is 0.688. The van der Waals surface area contributed by atoms with E-state index in [1.54, 1.807) is 0 Å². The average molecular weight is 170 g/mol. The van der Waals surface area contributed by atoms with Crippen molar-refractivity contribution in [3.8, 4) is 0 Å². The van der Waals surface area contributed by atoms with Crippen LogP contribution in [0.15, 0.2) is 18.2 Å². The molecule has 0 aliphatic rings. The summed E-state index contributed by atoms with van der Waals surface area (Å²) in [5.41, 5.74) is 8.04. The van der Waals surface area contributed by atoms with Crippen molar-refractivity contribution < 1.29 is 0 Å². The van der Waals surface area contributed by atoms with Gasteiger partial charge in [-0.25, -0.2) is 0 Å². The van der Waals surface area contributed by atoms with E-state index in [1.165, 1.54) is 0 Å². The van der Waals surface area contributed by atoms with Crippen molar-refractivity contribution >= 4 is 11.6 Å². The Labute approximate surface area is 72.2 Å². The lowest BCUT2D eigenvalue weighted by molar-refractivity contribution is 0.810. The Morgan fingerprint density at radius 2 is 2.09 bits per heavy atom. The highest BCUT2D eigenvalue weighted by Gasteiger charge is 2.02. The maximum absolute atomic E-state index is 5.78. The zero-order valence-electron chi connectivity index (χ0n) is 6.76. The first kappa shape index (κ1) is 8.57. The standard InChI is InChI=1S/C9H12ClN/c1-6-5-8(10)3-4-9(6)7(2)11/h3-5,7H,11H2,1-2H3/t7-/m1/s1. The minimum absolute atomic E-state index is 0.0901. The first-order valence-corrected chi connectivity index (χ1v) is 4.00. The molecule has 1 nitrogen and oxygen atoms in total. The third-order valence-corrected chi connectivity index (χ3v) is 1.96. The van der Waals surface area contributed by atoms with E-state index in [9.17, 15) is 0 Å². The van der Waals surface area contributed by atoms with Crippen LogP contribution in [0.3, 0.4) is 0 Å². The summed E-state index contributed by atoms with van der Waals surface area (Å²) in [6, 6.07) is 5.86. The van der Waals surface area contributed by atoms with Crippen molar-refractivity contribution in [2.75, 3.05) is 0 Å². The molecule has 1 rings (SSSR count). The first-order chi connectivity index (χ1) is 5.11. The molecule has 1 aromatic carbocycles. The summed E-state index contributed by atoms with van der Waals surface area (Å²) in [5.74, 6) is 0. The number of rotatable bonds is 1. The van der Waals surface area contributed by atoms with Gasteiger partial charge in [0, 0.05) is 11.1 Å². The molecule has 11 heavy (non-hydrogen) atoms. The molecule has 0 saturated carbocycles. The molecule has 1 aromatic rings. The molecule has 0 fully saturated rings. The monoisotopic (exact) mass is 169 g/mol. The molecular formula is C9H12ClN. The predicted molar refractivity (Wildman–Crippen MR) is 48.8 cm³/mol. The highest BCUT2D eigenvalue weighted by molar-refractivity contribution is 6.30. The van der Waals surface area contributed by atoms with Gasteiger partial charge in [0.15, 0.2) is 0 Å². The molecular weight excluding hydrogens is 158 g/mol. The largest absolute Gasteiger partial charge is 0.324 e. The topological polar surface area (TPSA) is 26.0 Å². The van der Waals surface area contributed by atoms with Gasteiger partial charge in [0.05, 0.1) is 0 Å². The fourth-order valence-corrected chi connectivity index (χ4v) is 1.38. The molecule has 2 heteroatoms. The maximum Gasteiger partial charge on any atom is 0.0408 e. The van der Waals surface area contributed by atoms with Crippen LogP contribution in [0, 0.1) is 6.92 Å². The number of hydrogen-bond donors (Lipinski definition) is 1. The van der Waals surface area contributed by atoms with E-state index in [0.29, 0.717) is 0 Å². The number of halogens is 1. The van der Waals surface area contributed by atoms with Gasteiger partial charge in [0.1, 0.15) is 0 Å². The van der Waals surface area contributed by atoms with E-state index in [-0.39, 0.29) is 6.04 Å². The third-order valence-electron chi connectivity index (χ3n) is 1.72. The highest BCUT2D eigenvalue weighted by Crippen LogP contribution is 2.19. The predicted octanol–water partition coefficient (Wildman–Crippen LogP) is 2.67. The van der Waals surface area contributed by atoms with E-state index in [1.807, 2.05) is 32.0 Å². The van der Waals surface area contributed by atoms with E-state index < -0.39 is 0 Å². The second kappa shape index (κ2) is 3.24. The molecule has 60 valence electrons. The summed E-state index contributed by atoms with van der Waals surface area (Å²) in [7, 11) is 0. The fraction of sp³-hybridized carbons (Fsp3) is 0.333. The van der Waals surface area contributed by atoms with Crippen LogP contribution in [-0.4, -0.2) is 0 Å². The SMILES string of the molecule is Cc1cc(Cl)ccc1[C@@H](C)N. The van der Waals surface area contributed by atoms with Crippen LogP contribution in [-0.2, 0) is 0 Å². The normalized spacial score (nSPS) is 13.1. The smallest absolute Gasteiger partial charge is 0.0408 e. The van der Waals surface area contributed by atoms with Crippen LogP contribution < -0.4 is 5.73 Å². The maximum atomic E-state index is 5.78. The molecule has 0 spiro atoms. The van der Waals surface area contributed by atoms with Gasteiger partial charge >= 0.3 is 0 Å². The van der Waals surface area contributed by atoms with E-state index in [0.717, 1.165) is 16.1 Å². The highest BCUT2D eigenvalue weighted by atomic mass is 35.5. The summed E-state index contributed by atoms with van der Waals surface area (Å²) < 4.78 is 0.